The van der Waals surface area contributed by atoms with Crippen LogP contribution in [0.4, 0.5) is 10.5 Å². The first kappa shape index (κ1) is 22.9. The van der Waals surface area contributed by atoms with Crippen molar-refractivity contribution >= 4 is 46.7 Å². The van der Waals surface area contributed by atoms with Gasteiger partial charge in [-0.15, -0.1) is 0 Å². The maximum absolute atomic E-state index is 13.1. The first-order valence-electron chi connectivity index (χ1n) is 9.70. The van der Waals surface area contributed by atoms with E-state index in [1.165, 1.54) is 15.9 Å². The summed E-state index contributed by atoms with van der Waals surface area (Å²) in [7, 11) is 0. The van der Waals surface area contributed by atoms with Crippen LogP contribution in [-0.4, -0.2) is 60.0 Å². The number of halogens is 2. The van der Waals surface area contributed by atoms with Crippen molar-refractivity contribution in [3.63, 3.8) is 0 Å². The lowest BCUT2D eigenvalue weighted by atomic mass is 10.1. The van der Waals surface area contributed by atoms with Gasteiger partial charge in [0.15, 0.2) is 6.17 Å². The average molecular weight is 464 g/mol. The molecular formula is C21H23Cl2N5O3. The Labute approximate surface area is 190 Å². The molecule has 1 heterocycles. The van der Waals surface area contributed by atoms with Crippen molar-refractivity contribution in [3.8, 4) is 0 Å². The maximum Gasteiger partial charge on any atom is 0.323 e. The van der Waals surface area contributed by atoms with Crippen molar-refractivity contribution in [2.75, 3.05) is 31.5 Å². The second-order valence-corrected chi connectivity index (χ2v) is 7.88. The summed E-state index contributed by atoms with van der Waals surface area (Å²) < 4.78 is 0. The summed E-state index contributed by atoms with van der Waals surface area (Å²) in [5, 5.41) is 6.01. The molecule has 10 heteroatoms. The summed E-state index contributed by atoms with van der Waals surface area (Å²) in [6, 6.07) is 11.2. The van der Waals surface area contributed by atoms with E-state index in [2.05, 4.69) is 10.6 Å². The summed E-state index contributed by atoms with van der Waals surface area (Å²) in [6.07, 6.45) is -1.11. The zero-order valence-corrected chi connectivity index (χ0v) is 18.4. The van der Waals surface area contributed by atoms with Crippen LogP contribution < -0.4 is 16.4 Å². The Bertz CT molecular complexity index is 983. The number of carbonyl (C=O) groups is 3. The van der Waals surface area contributed by atoms with Gasteiger partial charge in [0.25, 0.3) is 11.8 Å². The lowest BCUT2D eigenvalue weighted by Crippen LogP contribution is -2.55. The number of amides is 4. The molecule has 2 aromatic rings. The van der Waals surface area contributed by atoms with Gasteiger partial charge in [-0.1, -0.05) is 40.9 Å². The minimum Gasteiger partial charge on any atom is -0.351 e. The summed E-state index contributed by atoms with van der Waals surface area (Å²) >= 11 is 11.9. The molecule has 4 amide bonds. The van der Waals surface area contributed by atoms with E-state index in [9.17, 15) is 14.4 Å². The lowest BCUT2D eigenvalue weighted by Gasteiger charge is -2.29. The van der Waals surface area contributed by atoms with Gasteiger partial charge in [-0.05, 0) is 37.3 Å². The molecule has 0 spiro atoms. The highest BCUT2D eigenvalue weighted by molar-refractivity contribution is 6.42. The molecule has 164 valence electrons. The van der Waals surface area contributed by atoms with Gasteiger partial charge in [-0.25, -0.2) is 4.79 Å². The van der Waals surface area contributed by atoms with Crippen molar-refractivity contribution < 1.29 is 14.4 Å². The number of carbonyl (C=O) groups excluding carboxylic acids is 3. The van der Waals surface area contributed by atoms with Gasteiger partial charge in [0.05, 0.1) is 10.0 Å². The van der Waals surface area contributed by atoms with Gasteiger partial charge in [0.1, 0.15) is 0 Å². The minimum atomic E-state index is -1.11. The molecule has 1 atom stereocenters. The van der Waals surface area contributed by atoms with Crippen LogP contribution in [-0.2, 0) is 4.79 Å². The number of nitrogens with zero attached hydrogens (tertiary/aromatic N) is 2. The molecule has 1 unspecified atom stereocenters. The lowest BCUT2D eigenvalue weighted by molar-refractivity contribution is -0.127. The normalized spacial score (nSPS) is 15.7. The van der Waals surface area contributed by atoms with Crippen molar-refractivity contribution in [1.29, 1.82) is 0 Å². The van der Waals surface area contributed by atoms with Gasteiger partial charge < -0.3 is 21.3 Å². The fourth-order valence-corrected chi connectivity index (χ4v) is 3.55. The molecule has 0 radical (unpaired) electrons. The Morgan fingerprint density at radius 3 is 2.35 bits per heavy atom. The van der Waals surface area contributed by atoms with Crippen LogP contribution >= 0.6 is 23.2 Å². The third-order valence-corrected chi connectivity index (χ3v) is 5.58. The van der Waals surface area contributed by atoms with Crippen molar-refractivity contribution in [3.05, 3.63) is 63.6 Å². The van der Waals surface area contributed by atoms with E-state index in [4.69, 9.17) is 28.9 Å². The van der Waals surface area contributed by atoms with E-state index < -0.39 is 18.1 Å². The van der Waals surface area contributed by atoms with Crippen LogP contribution in [0.2, 0.25) is 10.0 Å². The van der Waals surface area contributed by atoms with Crippen molar-refractivity contribution in [1.82, 2.24) is 15.1 Å². The van der Waals surface area contributed by atoms with Crippen molar-refractivity contribution in [2.45, 2.75) is 13.1 Å². The summed E-state index contributed by atoms with van der Waals surface area (Å²) in [5.74, 6) is -0.814. The highest BCUT2D eigenvalue weighted by Crippen LogP contribution is 2.26. The minimum absolute atomic E-state index is 0.186. The van der Waals surface area contributed by atoms with Crippen LogP contribution in [0, 0.1) is 6.92 Å². The molecular weight excluding hydrogens is 441 g/mol. The summed E-state index contributed by atoms with van der Waals surface area (Å²) in [4.78, 5) is 41.6. The SMILES string of the molecule is Cc1ccc(C(=O)N2CCN(C(=O)Nc3ccc(Cl)c(Cl)c3)C2C(=O)NCCN)cc1. The highest BCUT2D eigenvalue weighted by atomic mass is 35.5. The van der Waals surface area contributed by atoms with Gasteiger partial charge in [-0.2, -0.15) is 0 Å². The molecule has 1 aliphatic rings. The average Bonchev–Trinajstić information content (AvgIpc) is 3.20. The molecule has 0 aromatic heterocycles. The van der Waals surface area contributed by atoms with E-state index in [0.29, 0.717) is 16.3 Å². The number of hydrogen-bond acceptors (Lipinski definition) is 4. The molecule has 4 N–H and O–H groups in total. The van der Waals surface area contributed by atoms with Gasteiger partial charge >= 0.3 is 6.03 Å². The quantitative estimate of drug-likeness (QED) is 0.633. The predicted octanol–water partition coefficient (Wildman–Crippen LogP) is 2.69. The second kappa shape index (κ2) is 10.00. The number of urea groups is 1. The summed E-state index contributed by atoms with van der Waals surface area (Å²) in [5.41, 5.74) is 7.36. The van der Waals surface area contributed by atoms with Crippen LogP contribution in [0.25, 0.3) is 0 Å². The first-order chi connectivity index (χ1) is 14.8. The zero-order valence-electron chi connectivity index (χ0n) is 16.9. The first-order valence-corrected chi connectivity index (χ1v) is 10.5. The van der Waals surface area contributed by atoms with Crippen LogP contribution in [0.5, 0.6) is 0 Å². The fraction of sp³-hybridized carbons (Fsp3) is 0.286. The smallest absolute Gasteiger partial charge is 0.323 e. The van der Waals surface area contributed by atoms with E-state index in [1.54, 1.807) is 24.3 Å². The zero-order chi connectivity index (χ0) is 22.5. The molecule has 1 fully saturated rings. The molecule has 0 aliphatic carbocycles. The second-order valence-electron chi connectivity index (χ2n) is 7.07. The molecule has 2 aromatic carbocycles. The molecule has 31 heavy (non-hydrogen) atoms. The maximum atomic E-state index is 13.1. The predicted molar refractivity (Wildman–Crippen MR) is 120 cm³/mol. The Morgan fingerprint density at radius 1 is 1.03 bits per heavy atom. The fourth-order valence-electron chi connectivity index (χ4n) is 3.25. The van der Waals surface area contributed by atoms with Crippen LogP contribution in [0.3, 0.4) is 0 Å². The van der Waals surface area contributed by atoms with E-state index in [0.717, 1.165) is 5.56 Å². The van der Waals surface area contributed by atoms with E-state index in [1.807, 2.05) is 19.1 Å². The Morgan fingerprint density at radius 2 is 1.71 bits per heavy atom. The third kappa shape index (κ3) is 5.28. The number of hydrogen-bond donors (Lipinski definition) is 3. The van der Waals surface area contributed by atoms with Gasteiger partial charge in [0.2, 0.25) is 0 Å². The number of anilines is 1. The monoisotopic (exact) mass is 463 g/mol. The largest absolute Gasteiger partial charge is 0.351 e. The number of nitrogens with two attached hydrogens (primary N) is 1. The molecule has 1 saturated heterocycles. The molecule has 8 nitrogen and oxygen atoms in total. The highest BCUT2D eigenvalue weighted by Gasteiger charge is 2.42. The Hall–Kier alpha value is -2.81. The Balaban J connectivity index is 1.83. The van der Waals surface area contributed by atoms with E-state index in [-0.39, 0.29) is 37.1 Å². The molecule has 3 rings (SSSR count). The number of aryl methyl sites for hydroxylation is 1. The molecule has 0 bridgehead atoms. The van der Waals surface area contributed by atoms with Crippen molar-refractivity contribution in [2.24, 2.45) is 5.73 Å². The van der Waals surface area contributed by atoms with Crippen LogP contribution in [0.1, 0.15) is 15.9 Å². The molecule has 1 aliphatic heterocycles. The molecule has 0 saturated carbocycles. The number of benzene rings is 2. The topological polar surface area (TPSA) is 108 Å². The standard InChI is InChI=1S/C21H23Cl2N5O3/c1-13-2-4-14(5-3-13)20(30)27-10-11-28(19(27)18(29)25-9-8-24)21(31)26-15-6-7-16(22)17(23)12-15/h2-7,12,19H,8-11,24H2,1H3,(H,25,29)(H,26,31). The van der Waals surface area contributed by atoms with Crippen LogP contribution in [0.15, 0.2) is 42.5 Å². The van der Waals surface area contributed by atoms with E-state index >= 15 is 0 Å². The van der Waals surface area contributed by atoms with Gasteiger partial charge in [0, 0.05) is 37.4 Å². The summed E-state index contributed by atoms with van der Waals surface area (Å²) in [6.45, 7) is 2.78. The number of nitrogens with one attached hydrogen (secondary N) is 2. The number of rotatable bonds is 5. The third-order valence-electron chi connectivity index (χ3n) is 4.84. The Kier molecular flexibility index (Phi) is 7.37. The van der Waals surface area contributed by atoms with Gasteiger partial charge in [-0.3, -0.25) is 14.5 Å².